The molecule has 4 saturated carbocycles. The lowest BCUT2D eigenvalue weighted by Crippen LogP contribution is -2.61. The van der Waals surface area contributed by atoms with Gasteiger partial charge in [-0.05, 0) is 69.6 Å². The van der Waals surface area contributed by atoms with Crippen molar-refractivity contribution >= 4 is 11.9 Å². The first-order chi connectivity index (χ1) is 10.5. The number of amides is 1. The van der Waals surface area contributed by atoms with Crippen LogP contribution in [0.4, 0.5) is 0 Å². The van der Waals surface area contributed by atoms with E-state index in [1.165, 1.54) is 25.3 Å². The van der Waals surface area contributed by atoms with Gasteiger partial charge in [0.2, 0.25) is 0 Å². The lowest BCUT2D eigenvalue weighted by Gasteiger charge is -2.57. The Bertz CT molecular complexity index is 447. The van der Waals surface area contributed by atoms with Gasteiger partial charge in [-0.25, -0.2) is 4.79 Å². The average Bonchev–Trinajstić information content (AvgIpc) is 2.43. The first-order valence-electron chi connectivity index (χ1n) is 8.69. The normalized spacial score (nSPS) is 37.3. The molecule has 0 aromatic carbocycles. The molecule has 0 radical (unpaired) electrons. The largest absolute Gasteiger partial charge is 0.449 e. The molecule has 4 heteroatoms. The average molecular weight is 305 g/mol. The van der Waals surface area contributed by atoms with Crippen molar-refractivity contribution in [2.24, 2.45) is 17.8 Å². The highest BCUT2D eigenvalue weighted by Gasteiger charge is 2.51. The molecule has 122 valence electrons. The van der Waals surface area contributed by atoms with Crippen LogP contribution < -0.4 is 5.32 Å². The van der Waals surface area contributed by atoms with Crippen molar-refractivity contribution < 1.29 is 14.3 Å². The van der Waals surface area contributed by atoms with E-state index in [0.29, 0.717) is 0 Å². The maximum atomic E-state index is 12.4. The van der Waals surface area contributed by atoms with Gasteiger partial charge >= 0.3 is 5.97 Å². The molecule has 0 heterocycles. The molecule has 4 rings (SSSR count). The van der Waals surface area contributed by atoms with Gasteiger partial charge in [0.05, 0.1) is 0 Å². The summed E-state index contributed by atoms with van der Waals surface area (Å²) < 4.78 is 5.19. The maximum Gasteiger partial charge on any atom is 0.331 e. The van der Waals surface area contributed by atoms with E-state index in [1.807, 2.05) is 6.92 Å². The summed E-state index contributed by atoms with van der Waals surface area (Å²) in [4.78, 5) is 24.0. The number of carbonyl (C=O) groups is 2. The number of carbonyl (C=O) groups excluding carboxylic acids is 2. The highest BCUT2D eigenvalue weighted by Crippen LogP contribution is 2.55. The van der Waals surface area contributed by atoms with Crippen molar-refractivity contribution in [1.29, 1.82) is 0 Å². The third-order valence-corrected chi connectivity index (χ3v) is 5.58. The topological polar surface area (TPSA) is 55.4 Å². The molecular formula is C18H27NO3. The highest BCUT2D eigenvalue weighted by atomic mass is 16.5. The molecule has 1 N–H and O–H groups in total. The van der Waals surface area contributed by atoms with E-state index >= 15 is 0 Å². The Labute approximate surface area is 132 Å². The molecule has 4 nitrogen and oxygen atoms in total. The van der Waals surface area contributed by atoms with E-state index in [2.05, 4.69) is 5.32 Å². The number of esters is 1. The molecule has 0 saturated heterocycles. The number of ether oxygens (including phenoxy) is 1. The SMILES string of the molecule is CC/C=C/C(=O)O[C@@H](C)C(=O)NC12CC3CC(CC(C3)C1)C2. The predicted octanol–water partition coefficient (Wildman–Crippen LogP) is 2.97. The van der Waals surface area contributed by atoms with Crippen molar-refractivity contribution in [3.63, 3.8) is 0 Å². The van der Waals surface area contributed by atoms with Gasteiger partial charge in [-0.3, -0.25) is 4.79 Å². The Balaban J connectivity index is 1.57. The molecule has 1 atom stereocenters. The summed E-state index contributed by atoms with van der Waals surface area (Å²) in [6, 6.07) is 0. The fraction of sp³-hybridized carbons (Fsp3) is 0.778. The molecule has 0 spiro atoms. The van der Waals surface area contributed by atoms with Gasteiger partial charge in [-0.1, -0.05) is 13.0 Å². The monoisotopic (exact) mass is 305 g/mol. The van der Waals surface area contributed by atoms with Crippen LogP contribution in [0.15, 0.2) is 12.2 Å². The van der Waals surface area contributed by atoms with Crippen molar-refractivity contribution in [3.05, 3.63) is 12.2 Å². The molecule has 0 aromatic rings. The fourth-order valence-corrected chi connectivity index (χ4v) is 5.11. The minimum absolute atomic E-state index is 0.0221. The quantitative estimate of drug-likeness (QED) is 0.627. The van der Waals surface area contributed by atoms with E-state index in [9.17, 15) is 9.59 Å². The van der Waals surface area contributed by atoms with Gasteiger partial charge in [0, 0.05) is 11.6 Å². The van der Waals surface area contributed by atoms with E-state index in [4.69, 9.17) is 4.74 Å². The second-order valence-electron chi connectivity index (χ2n) is 7.58. The van der Waals surface area contributed by atoms with Crippen LogP contribution in [0.25, 0.3) is 0 Å². The smallest absolute Gasteiger partial charge is 0.331 e. The number of nitrogens with one attached hydrogen (secondary N) is 1. The van der Waals surface area contributed by atoms with Crippen LogP contribution in [0.3, 0.4) is 0 Å². The summed E-state index contributed by atoms with van der Waals surface area (Å²) >= 11 is 0. The van der Waals surface area contributed by atoms with Gasteiger partial charge in [-0.15, -0.1) is 0 Å². The van der Waals surface area contributed by atoms with Crippen molar-refractivity contribution in [1.82, 2.24) is 5.32 Å². The Morgan fingerprint density at radius 3 is 2.23 bits per heavy atom. The van der Waals surface area contributed by atoms with Gasteiger partial charge in [0.25, 0.3) is 5.91 Å². The van der Waals surface area contributed by atoms with Gasteiger partial charge < -0.3 is 10.1 Å². The van der Waals surface area contributed by atoms with E-state index in [1.54, 1.807) is 13.0 Å². The second-order valence-corrected chi connectivity index (χ2v) is 7.58. The Hall–Kier alpha value is -1.32. The lowest BCUT2D eigenvalue weighted by atomic mass is 9.53. The second kappa shape index (κ2) is 6.05. The van der Waals surface area contributed by atoms with Gasteiger partial charge in [0.15, 0.2) is 6.10 Å². The predicted molar refractivity (Wildman–Crippen MR) is 84.0 cm³/mol. The minimum atomic E-state index is -0.720. The molecular weight excluding hydrogens is 278 g/mol. The molecule has 4 aliphatic carbocycles. The maximum absolute atomic E-state index is 12.4. The Morgan fingerprint density at radius 1 is 1.18 bits per heavy atom. The highest BCUT2D eigenvalue weighted by molar-refractivity contribution is 5.87. The van der Waals surface area contributed by atoms with Crippen LogP contribution in [-0.2, 0) is 14.3 Å². The van der Waals surface area contributed by atoms with Gasteiger partial charge in [0.1, 0.15) is 0 Å². The van der Waals surface area contributed by atoms with Crippen LogP contribution in [0.1, 0.15) is 58.8 Å². The van der Waals surface area contributed by atoms with Crippen LogP contribution in [0.5, 0.6) is 0 Å². The summed E-state index contributed by atoms with van der Waals surface area (Å²) in [5, 5.41) is 3.25. The molecule has 0 aromatic heterocycles. The Kier molecular flexibility index (Phi) is 4.28. The zero-order valence-corrected chi connectivity index (χ0v) is 13.6. The van der Waals surface area contributed by atoms with Crippen molar-refractivity contribution in [3.8, 4) is 0 Å². The first-order valence-corrected chi connectivity index (χ1v) is 8.69. The Morgan fingerprint density at radius 2 is 1.73 bits per heavy atom. The van der Waals surface area contributed by atoms with Crippen molar-refractivity contribution in [2.45, 2.75) is 70.4 Å². The van der Waals surface area contributed by atoms with Crippen LogP contribution >= 0.6 is 0 Å². The zero-order chi connectivity index (χ0) is 15.7. The number of hydrogen-bond acceptors (Lipinski definition) is 3. The van der Waals surface area contributed by atoms with E-state index in [-0.39, 0.29) is 11.4 Å². The number of rotatable bonds is 5. The molecule has 22 heavy (non-hydrogen) atoms. The summed E-state index contributed by atoms with van der Waals surface area (Å²) in [5.74, 6) is 1.79. The summed E-state index contributed by atoms with van der Waals surface area (Å²) in [7, 11) is 0. The lowest BCUT2D eigenvalue weighted by molar-refractivity contribution is -0.152. The zero-order valence-electron chi connectivity index (χ0n) is 13.6. The third kappa shape index (κ3) is 3.21. The first kappa shape index (κ1) is 15.6. The molecule has 4 aliphatic rings. The number of allylic oxidation sites excluding steroid dienone is 1. The molecule has 1 amide bonds. The van der Waals surface area contributed by atoms with Crippen LogP contribution in [0, 0.1) is 17.8 Å². The third-order valence-electron chi connectivity index (χ3n) is 5.58. The van der Waals surface area contributed by atoms with E-state index in [0.717, 1.165) is 43.4 Å². The van der Waals surface area contributed by atoms with E-state index < -0.39 is 12.1 Å². The van der Waals surface area contributed by atoms with Gasteiger partial charge in [-0.2, -0.15) is 0 Å². The summed E-state index contributed by atoms with van der Waals surface area (Å²) in [5.41, 5.74) is -0.0221. The molecule has 4 fully saturated rings. The fourth-order valence-electron chi connectivity index (χ4n) is 5.11. The molecule has 4 bridgehead atoms. The standard InChI is InChI=1S/C18H27NO3/c1-3-4-5-16(20)22-12(2)17(21)19-18-9-13-6-14(10-18)8-15(7-13)11-18/h4-5,12-15H,3,6-11H2,1-2H3,(H,19,21)/b5-4+/t12-,13?,14?,15?,18?/m0/s1. The summed E-state index contributed by atoms with van der Waals surface area (Å²) in [6.07, 6.45) is 10.6. The van der Waals surface area contributed by atoms with Crippen LogP contribution in [-0.4, -0.2) is 23.5 Å². The molecule has 0 aliphatic heterocycles. The van der Waals surface area contributed by atoms with Crippen LogP contribution in [0.2, 0.25) is 0 Å². The minimum Gasteiger partial charge on any atom is -0.449 e. The summed E-state index contributed by atoms with van der Waals surface area (Å²) in [6.45, 7) is 3.61. The van der Waals surface area contributed by atoms with Crippen molar-refractivity contribution in [2.75, 3.05) is 0 Å². The molecule has 0 unspecified atom stereocenters. The number of hydrogen-bond donors (Lipinski definition) is 1.